The molecule has 1 heterocycles. The Bertz CT molecular complexity index is 669. The summed E-state index contributed by atoms with van der Waals surface area (Å²) in [6.07, 6.45) is 0. The van der Waals surface area contributed by atoms with Crippen LogP contribution in [-0.4, -0.2) is 32.5 Å². The maximum Gasteiger partial charge on any atom is 0.230 e. The number of rotatable bonds is 6. The van der Waals surface area contributed by atoms with Gasteiger partial charge < -0.3 is 9.88 Å². The molecule has 0 spiro atoms. The zero-order chi connectivity index (χ0) is 17.0. The number of carbonyl (C=O) groups excluding carboxylic acids is 1. The van der Waals surface area contributed by atoms with Gasteiger partial charge >= 0.3 is 0 Å². The second kappa shape index (κ2) is 7.59. The molecule has 1 amide bonds. The third-order valence-electron chi connectivity index (χ3n) is 3.66. The van der Waals surface area contributed by atoms with Crippen LogP contribution in [-0.2, 0) is 11.8 Å². The molecule has 0 aliphatic heterocycles. The summed E-state index contributed by atoms with van der Waals surface area (Å²) < 4.78 is 14.8. The Kier molecular flexibility index (Phi) is 5.76. The Morgan fingerprint density at radius 2 is 1.91 bits per heavy atom. The fraction of sp³-hybridized carbons (Fsp3) is 0.438. The Morgan fingerprint density at radius 3 is 2.52 bits per heavy atom. The van der Waals surface area contributed by atoms with Crippen molar-refractivity contribution in [3.63, 3.8) is 0 Å². The van der Waals surface area contributed by atoms with E-state index in [0.717, 1.165) is 5.56 Å². The molecule has 0 saturated carbocycles. The summed E-state index contributed by atoms with van der Waals surface area (Å²) in [6, 6.07) is 6.22. The first kappa shape index (κ1) is 17.5. The molecule has 1 aromatic heterocycles. The number of nitrogens with one attached hydrogen (secondary N) is 1. The Balaban J connectivity index is 2.00. The van der Waals surface area contributed by atoms with Crippen LogP contribution in [0.15, 0.2) is 29.4 Å². The second-order valence-corrected chi connectivity index (χ2v) is 6.70. The van der Waals surface area contributed by atoms with Crippen LogP contribution in [0.5, 0.6) is 0 Å². The van der Waals surface area contributed by atoms with Crippen LogP contribution in [0.1, 0.15) is 20.8 Å². The summed E-state index contributed by atoms with van der Waals surface area (Å²) in [5, 5.41) is 11.8. The Hall–Kier alpha value is -1.89. The molecule has 23 heavy (non-hydrogen) atoms. The number of amides is 1. The van der Waals surface area contributed by atoms with E-state index >= 15 is 0 Å². The fourth-order valence-electron chi connectivity index (χ4n) is 1.88. The molecular weight excluding hydrogens is 315 g/mol. The number of carbonyl (C=O) groups is 1. The van der Waals surface area contributed by atoms with Crippen LogP contribution < -0.4 is 5.32 Å². The molecule has 1 aromatic carbocycles. The van der Waals surface area contributed by atoms with Gasteiger partial charge in [0.25, 0.3) is 0 Å². The van der Waals surface area contributed by atoms with Crippen LogP contribution in [0.25, 0.3) is 11.4 Å². The molecule has 0 aliphatic carbocycles. The van der Waals surface area contributed by atoms with E-state index in [2.05, 4.69) is 29.4 Å². The number of aromatic nitrogens is 3. The minimum atomic E-state index is -0.290. The van der Waals surface area contributed by atoms with Crippen molar-refractivity contribution in [1.82, 2.24) is 20.1 Å². The summed E-state index contributed by atoms with van der Waals surface area (Å²) in [7, 11) is 1.83. The van der Waals surface area contributed by atoms with Gasteiger partial charge in [0.05, 0.1) is 5.75 Å². The minimum absolute atomic E-state index is 0.0254. The van der Waals surface area contributed by atoms with Crippen LogP contribution in [0, 0.1) is 11.7 Å². The third kappa shape index (κ3) is 4.54. The summed E-state index contributed by atoms with van der Waals surface area (Å²) in [4.78, 5) is 11.9. The number of halogens is 1. The van der Waals surface area contributed by atoms with E-state index < -0.39 is 0 Å². The molecule has 2 rings (SSSR count). The van der Waals surface area contributed by atoms with Gasteiger partial charge in [-0.2, -0.15) is 0 Å². The zero-order valence-electron chi connectivity index (χ0n) is 13.7. The summed E-state index contributed by atoms with van der Waals surface area (Å²) in [5.41, 5.74) is 0.783. The highest BCUT2D eigenvalue weighted by molar-refractivity contribution is 7.99. The number of benzene rings is 1. The highest BCUT2D eigenvalue weighted by Gasteiger charge is 2.15. The van der Waals surface area contributed by atoms with Crippen molar-refractivity contribution < 1.29 is 9.18 Å². The lowest BCUT2D eigenvalue weighted by molar-refractivity contribution is -0.119. The zero-order valence-corrected chi connectivity index (χ0v) is 14.5. The first-order valence-electron chi connectivity index (χ1n) is 7.46. The largest absolute Gasteiger partial charge is 0.353 e. The monoisotopic (exact) mass is 336 g/mol. The first-order valence-corrected chi connectivity index (χ1v) is 8.44. The normalized spacial score (nSPS) is 12.4. The van der Waals surface area contributed by atoms with Gasteiger partial charge in [-0.3, -0.25) is 4.79 Å². The molecule has 1 atom stereocenters. The van der Waals surface area contributed by atoms with E-state index in [1.807, 2.05) is 14.0 Å². The van der Waals surface area contributed by atoms with E-state index in [-0.39, 0.29) is 23.5 Å². The van der Waals surface area contributed by atoms with Gasteiger partial charge in [-0.15, -0.1) is 10.2 Å². The lowest BCUT2D eigenvalue weighted by atomic mass is 10.1. The van der Waals surface area contributed by atoms with Crippen molar-refractivity contribution in [1.29, 1.82) is 0 Å². The predicted octanol–water partition coefficient (Wildman–Crippen LogP) is 2.87. The lowest BCUT2D eigenvalue weighted by Crippen LogP contribution is -2.37. The van der Waals surface area contributed by atoms with Crippen molar-refractivity contribution in [2.75, 3.05) is 5.75 Å². The Labute approximate surface area is 139 Å². The van der Waals surface area contributed by atoms with Crippen molar-refractivity contribution in [2.45, 2.75) is 32.0 Å². The minimum Gasteiger partial charge on any atom is -0.353 e. The maximum atomic E-state index is 13.0. The van der Waals surface area contributed by atoms with E-state index in [1.165, 1.54) is 23.9 Å². The standard InChI is InChI=1S/C16H21FN4OS/c1-10(2)11(3)18-14(22)9-23-16-20-19-15(21(16)4)12-5-7-13(17)8-6-12/h5-8,10-11H,9H2,1-4H3,(H,18,22)/t11-/m1/s1. The molecule has 2 aromatic rings. The van der Waals surface area contributed by atoms with Gasteiger partial charge in [0.1, 0.15) is 5.82 Å². The molecule has 0 aliphatic rings. The van der Waals surface area contributed by atoms with Crippen LogP contribution in [0.2, 0.25) is 0 Å². The van der Waals surface area contributed by atoms with Gasteiger partial charge in [0.2, 0.25) is 5.91 Å². The lowest BCUT2D eigenvalue weighted by Gasteiger charge is -2.17. The Morgan fingerprint density at radius 1 is 1.26 bits per heavy atom. The van der Waals surface area contributed by atoms with Gasteiger partial charge in [0, 0.05) is 18.7 Å². The van der Waals surface area contributed by atoms with Gasteiger partial charge in [0.15, 0.2) is 11.0 Å². The van der Waals surface area contributed by atoms with Gasteiger partial charge in [-0.05, 0) is 37.1 Å². The number of thioether (sulfide) groups is 1. The highest BCUT2D eigenvalue weighted by Crippen LogP contribution is 2.22. The molecular formula is C16H21FN4OS. The molecule has 0 unspecified atom stereocenters. The summed E-state index contributed by atoms with van der Waals surface area (Å²) in [6.45, 7) is 6.12. The topological polar surface area (TPSA) is 59.8 Å². The molecule has 0 radical (unpaired) electrons. The smallest absolute Gasteiger partial charge is 0.230 e. The third-order valence-corrected chi connectivity index (χ3v) is 4.68. The van der Waals surface area contributed by atoms with Crippen molar-refractivity contribution in [3.8, 4) is 11.4 Å². The predicted molar refractivity (Wildman–Crippen MR) is 89.6 cm³/mol. The summed E-state index contributed by atoms with van der Waals surface area (Å²) >= 11 is 1.33. The SMILES string of the molecule is CC(C)[C@@H](C)NC(=O)CSc1nnc(-c2ccc(F)cc2)n1C. The van der Waals surface area contributed by atoms with Crippen molar-refractivity contribution in [2.24, 2.45) is 13.0 Å². The average molecular weight is 336 g/mol. The van der Waals surface area contributed by atoms with Gasteiger partial charge in [-0.1, -0.05) is 25.6 Å². The molecule has 0 fully saturated rings. The molecule has 5 nitrogen and oxygen atoms in total. The summed E-state index contributed by atoms with van der Waals surface area (Å²) in [5.74, 6) is 1.00. The number of hydrogen-bond acceptors (Lipinski definition) is 4. The number of nitrogens with zero attached hydrogens (tertiary/aromatic N) is 3. The van der Waals surface area contributed by atoms with Crippen molar-refractivity contribution in [3.05, 3.63) is 30.1 Å². The molecule has 0 bridgehead atoms. The van der Waals surface area contributed by atoms with E-state index in [4.69, 9.17) is 0 Å². The maximum absolute atomic E-state index is 13.0. The second-order valence-electron chi connectivity index (χ2n) is 5.76. The molecule has 1 N–H and O–H groups in total. The quantitative estimate of drug-likeness (QED) is 0.824. The molecule has 124 valence electrons. The van der Waals surface area contributed by atoms with Crippen LogP contribution in [0.4, 0.5) is 4.39 Å². The van der Waals surface area contributed by atoms with E-state index in [9.17, 15) is 9.18 Å². The molecule has 0 saturated heterocycles. The van der Waals surface area contributed by atoms with Crippen LogP contribution >= 0.6 is 11.8 Å². The number of hydrogen-bond donors (Lipinski definition) is 1. The van der Waals surface area contributed by atoms with E-state index in [1.54, 1.807) is 16.7 Å². The van der Waals surface area contributed by atoms with E-state index in [0.29, 0.717) is 16.9 Å². The van der Waals surface area contributed by atoms with Crippen LogP contribution in [0.3, 0.4) is 0 Å². The average Bonchev–Trinajstić information content (AvgIpc) is 2.87. The van der Waals surface area contributed by atoms with Crippen molar-refractivity contribution >= 4 is 17.7 Å². The fourth-order valence-corrected chi connectivity index (χ4v) is 2.61. The van der Waals surface area contributed by atoms with Gasteiger partial charge in [-0.25, -0.2) is 4.39 Å². The molecule has 7 heteroatoms. The first-order chi connectivity index (χ1) is 10.9. The highest BCUT2D eigenvalue weighted by atomic mass is 32.2.